The summed E-state index contributed by atoms with van der Waals surface area (Å²) in [6.07, 6.45) is 2.02. The molecule has 94 valence electrons. The molecule has 2 unspecified atom stereocenters. The SMILES string of the molecule is COc1ccc(F)cc1C(N)C1CCCOC1. The van der Waals surface area contributed by atoms with Gasteiger partial charge in [0.15, 0.2) is 0 Å². The van der Waals surface area contributed by atoms with Crippen molar-refractivity contribution in [2.45, 2.75) is 18.9 Å². The van der Waals surface area contributed by atoms with Gasteiger partial charge in [-0.15, -0.1) is 0 Å². The van der Waals surface area contributed by atoms with Gasteiger partial charge in [-0.05, 0) is 31.0 Å². The smallest absolute Gasteiger partial charge is 0.123 e. The van der Waals surface area contributed by atoms with Crippen LogP contribution in [-0.4, -0.2) is 20.3 Å². The zero-order valence-corrected chi connectivity index (χ0v) is 9.99. The van der Waals surface area contributed by atoms with E-state index in [0.717, 1.165) is 25.0 Å². The highest BCUT2D eigenvalue weighted by Crippen LogP contribution is 2.32. The summed E-state index contributed by atoms with van der Waals surface area (Å²) in [5, 5.41) is 0. The van der Waals surface area contributed by atoms with Crippen molar-refractivity contribution in [2.24, 2.45) is 11.7 Å². The summed E-state index contributed by atoms with van der Waals surface area (Å²) in [6.45, 7) is 1.43. The van der Waals surface area contributed by atoms with Crippen LogP contribution in [0.25, 0.3) is 0 Å². The van der Waals surface area contributed by atoms with Gasteiger partial charge >= 0.3 is 0 Å². The van der Waals surface area contributed by atoms with Crippen LogP contribution in [0, 0.1) is 11.7 Å². The van der Waals surface area contributed by atoms with E-state index in [2.05, 4.69) is 0 Å². The molecule has 3 nitrogen and oxygen atoms in total. The van der Waals surface area contributed by atoms with Crippen molar-refractivity contribution in [3.63, 3.8) is 0 Å². The van der Waals surface area contributed by atoms with Crippen molar-refractivity contribution in [1.29, 1.82) is 0 Å². The maximum atomic E-state index is 13.3. The Morgan fingerprint density at radius 3 is 3.00 bits per heavy atom. The largest absolute Gasteiger partial charge is 0.496 e. The highest BCUT2D eigenvalue weighted by Gasteiger charge is 2.25. The number of nitrogens with two attached hydrogens (primary N) is 1. The number of methoxy groups -OCH3 is 1. The maximum Gasteiger partial charge on any atom is 0.123 e. The minimum absolute atomic E-state index is 0.235. The van der Waals surface area contributed by atoms with Crippen molar-refractivity contribution in [3.05, 3.63) is 29.6 Å². The number of hydrogen-bond donors (Lipinski definition) is 1. The number of benzene rings is 1. The van der Waals surface area contributed by atoms with Gasteiger partial charge in [-0.3, -0.25) is 0 Å². The van der Waals surface area contributed by atoms with Crippen molar-refractivity contribution >= 4 is 0 Å². The standard InChI is InChI=1S/C13H18FNO2/c1-16-12-5-4-10(14)7-11(12)13(15)9-3-2-6-17-8-9/h4-5,7,9,13H,2-3,6,8,15H2,1H3. The molecule has 1 aliphatic heterocycles. The predicted molar refractivity (Wildman–Crippen MR) is 63.4 cm³/mol. The third-order valence-electron chi connectivity index (χ3n) is 3.25. The van der Waals surface area contributed by atoms with Crippen LogP contribution in [0.2, 0.25) is 0 Å². The number of hydrogen-bond acceptors (Lipinski definition) is 3. The number of ether oxygens (including phenoxy) is 2. The first-order chi connectivity index (χ1) is 8.22. The number of rotatable bonds is 3. The second kappa shape index (κ2) is 5.47. The second-order valence-corrected chi connectivity index (χ2v) is 4.39. The van der Waals surface area contributed by atoms with Crippen molar-refractivity contribution in [1.82, 2.24) is 0 Å². The fraction of sp³-hybridized carbons (Fsp3) is 0.538. The zero-order chi connectivity index (χ0) is 12.3. The van der Waals surface area contributed by atoms with Gasteiger partial charge in [-0.1, -0.05) is 0 Å². The summed E-state index contributed by atoms with van der Waals surface area (Å²) < 4.78 is 23.9. The third kappa shape index (κ3) is 2.76. The predicted octanol–water partition coefficient (Wildman–Crippen LogP) is 2.26. The highest BCUT2D eigenvalue weighted by atomic mass is 19.1. The minimum Gasteiger partial charge on any atom is -0.496 e. The fourth-order valence-electron chi connectivity index (χ4n) is 2.27. The molecule has 2 rings (SSSR count). The molecule has 1 aromatic rings. The van der Waals surface area contributed by atoms with Crippen LogP contribution in [0.15, 0.2) is 18.2 Å². The van der Waals surface area contributed by atoms with E-state index in [0.29, 0.717) is 12.4 Å². The van der Waals surface area contributed by atoms with E-state index in [1.165, 1.54) is 12.1 Å². The summed E-state index contributed by atoms with van der Waals surface area (Å²) in [4.78, 5) is 0. The average molecular weight is 239 g/mol. The Bertz CT molecular complexity index is 378. The van der Waals surface area contributed by atoms with Crippen LogP contribution >= 0.6 is 0 Å². The summed E-state index contributed by atoms with van der Waals surface area (Å²) >= 11 is 0. The lowest BCUT2D eigenvalue weighted by molar-refractivity contribution is 0.0444. The topological polar surface area (TPSA) is 44.5 Å². The molecule has 1 aromatic carbocycles. The average Bonchev–Trinajstić information content (AvgIpc) is 2.39. The summed E-state index contributed by atoms with van der Waals surface area (Å²) in [5.41, 5.74) is 6.91. The maximum absolute atomic E-state index is 13.3. The van der Waals surface area contributed by atoms with Gasteiger partial charge in [-0.2, -0.15) is 0 Å². The van der Waals surface area contributed by atoms with Gasteiger partial charge in [0, 0.05) is 24.1 Å². The van der Waals surface area contributed by atoms with Gasteiger partial charge in [0.25, 0.3) is 0 Å². The first-order valence-electron chi connectivity index (χ1n) is 5.89. The van der Waals surface area contributed by atoms with Crippen LogP contribution in [-0.2, 0) is 4.74 Å². The van der Waals surface area contributed by atoms with E-state index in [1.807, 2.05) is 0 Å². The Morgan fingerprint density at radius 2 is 2.35 bits per heavy atom. The Hall–Kier alpha value is -1.13. The molecule has 0 saturated carbocycles. The third-order valence-corrected chi connectivity index (χ3v) is 3.25. The fourth-order valence-corrected chi connectivity index (χ4v) is 2.27. The molecule has 1 aliphatic rings. The van der Waals surface area contributed by atoms with Gasteiger partial charge in [0.2, 0.25) is 0 Å². The highest BCUT2D eigenvalue weighted by molar-refractivity contribution is 5.36. The van der Waals surface area contributed by atoms with Crippen LogP contribution < -0.4 is 10.5 Å². The molecular weight excluding hydrogens is 221 g/mol. The Morgan fingerprint density at radius 1 is 1.53 bits per heavy atom. The summed E-state index contributed by atoms with van der Waals surface area (Å²) in [5.74, 6) is 0.594. The second-order valence-electron chi connectivity index (χ2n) is 4.39. The molecular formula is C13H18FNO2. The quantitative estimate of drug-likeness (QED) is 0.880. The monoisotopic (exact) mass is 239 g/mol. The molecule has 0 bridgehead atoms. The molecule has 1 heterocycles. The summed E-state index contributed by atoms with van der Waals surface area (Å²) in [6, 6.07) is 4.22. The molecule has 1 fully saturated rings. The molecule has 0 amide bonds. The lowest BCUT2D eigenvalue weighted by Gasteiger charge is -2.28. The van der Waals surface area contributed by atoms with Crippen molar-refractivity contribution in [2.75, 3.05) is 20.3 Å². The molecule has 0 aliphatic carbocycles. The van der Waals surface area contributed by atoms with Gasteiger partial charge < -0.3 is 15.2 Å². The first kappa shape index (κ1) is 12.3. The van der Waals surface area contributed by atoms with Gasteiger partial charge in [0.05, 0.1) is 13.7 Å². The molecule has 2 atom stereocenters. The van der Waals surface area contributed by atoms with Crippen LogP contribution in [0.1, 0.15) is 24.4 Å². The van der Waals surface area contributed by atoms with E-state index >= 15 is 0 Å². The van der Waals surface area contributed by atoms with Crippen molar-refractivity contribution < 1.29 is 13.9 Å². The minimum atomic E-state index is -0.284. The van der Waals surface area contributed by atoms with Gasteiger partial charge in [0.1, 0.15) is 11.6 Å². The molecule has 0 radical (unpaired) electrons. The molecule has 17 heavy (non-hydrogen) atoms. The molecule has 4 heteroatoms. The lowest BCUT2D eigenvalue weighted by Crippen LogP contribution is -2.29. The number of halogens is 1. The molecule has 2 N–H and O–H groups in total. The van der Waals surface area contributed by atoms with Crippen LogP contribution in [0.3, 0.4) is 0 Å². The first-order valence-corrected chi connectivity index (χ1v) is 5.89. The zero-order valence-electron chi connectivity index (χ0n) is 9.99. The van der Waals surface area contributed by atoms with E-state index in [4.69, 9.17) is 15.2 Å². The molecule has 0 aromatic heterocycles. The van der Waals surface area contributed by atoms with Gasteiger partial charge in [-0.25, -0.2) is 4.39 Å². The Labute approximate surface area is 101 Å². The Kier molecular flexibility index (Phi) is 3.97. The molecule has 1 saturated heterocycles. The van der Waals surface area contributed by atoms with Crippen LogP contribution in [0.5, 0.6) is 5.75 Å². The molecule has 0 spiro atoms. The normalized spacial score (nSPS) is 22.2. The summed E-state index contributed by atoms with van der Waals surface area (Å²) in [7, 11) is 1.57. The van der Waals surface area contributed by atoms with E-state index in [-0.39, 0.29) is 17.8 Å². The van der Waals surface area contributed by atoms with Crippen LogP contribution in [0.4, 0.5) is 4.39 Å². The van der Waals surface area contributed by atoms with E-state index in [1.54, 1.807) is 13.2 Å². The van der Waals surface area contributed by atoms with E-state index < -0.39 is 0 Å². The van der Waals surface area contributed by atoms with E-state index in [9.17, 15) is 4.39 Å². The lowest BCUT2D eigenvalue weighted by atomic mass is 9.89. The van der Waals surface area contributed by atoms with Crippen molar-refractivity contribution in [3.8, 4) is 5.75 Å². The Balaban J connectivity index is 2.21.